The van der Waals surface area contributed by atoms with Gasteiger partial charge in [0.25, 0.3) is 0 Å². The van der Waals surface area contributed by atoms with Crippen LogP contribution in [-0.4, -0.2) is 19.8 Å². The SMILES string of the molecule is NCC(c1ccc(Br)cc1)C1CCCOC1. The molecule has 2 atom stereocenters. The minimum absolute atomic E-state index is 0.438. The Kier molecular flexibility index (Phi) is 4.38. The quantitative estimate of drug-likeness (QED) is 0.926. The van der Waals surface area contributed by atoms with Crippen molar-refractivity contribution in [2.24, 2.45) is 11.7 Å². The van der Waals surface area contributed by atoms with Gasteiger partial charge in [0.2, 0.25) is 0 Å². The van der Waals surface area contributed by atoms with Crippen LogP contribution in [0, 0.1) is 5.92 Å². The zero-order valence-corrected chi connectivity index (χ0v) is 10.9. The van der Waals surface area contributed by atoms with Crippen LogP contribution in [0.25, 0.3) is 0 Å². The molecule has 1 aromatic rings. The number of halogens is 1. The predicted octanol–water partition coefficient (Wildman–Crippen LogP) is 2.92. The van der Waals surface area contributed by atoms with E-state index in [1.54, 1.807) is 0 Å². The Balaban J connectivity index is 2.11. The molecule has 88 valence electrons. The first-order chi connectivity index (χ1) is 7.81. The molecule has 1 aliphatic rings. The summed E-state index contributed by atoms with van der Waals surface area (Å²) in [6, 6.07) is 8.50. The molecule has 1 aliphatic heterocycles. The third kappa shape index (κ3) is 2.84. The lowest BCUT2D eigenvalue weighted by Gasteiger charge is -2.29. The summed E-state index contributed by atoms with van der Waals surface area (Å²) in [5.41, 5.74) is 7.24. The summed E-state index contributed by atoms with van der Waals surface area (Å²) >= 11 is 3.46. The van der Waals surface area contributed by atoms with Gasteiger partial charge >= 0.3 is 0 Å². The number of hydrogen-bond acceptors (Lipinski definition) is 2. The van der Waals surface area contributed by atoms with Gasteiger partial charge in [0, 0.05) is 17.0 Å². The van der Waals surface area contributed by atoms with Gasteiger partial charge in [-0.15, -0.1) is 0 Å². The highest BCUT2D eigenvalue weighted by Crippen LogP contribution is 2.30. The summed E-state index contributed by atoms with van der Waals surface area (Å²) in [6.45, 7) is 2.47. The standard InChI is InChI=1S/C13H18BrNO/c14-12-5-3-10(4-6-12)13(8-15)11-2-1-7-16-9-11/h3-6,11,13H,1-2,7-9,15H2. The van der Waals surface area contributed by atoms with Crippen molar-refractivity contribution in [3.05, 3.63) is 34.3 Å². The average molecular weight is 284 g/mol. The Morgan fingerprint density at radius 3 is 2.69 bits per heavy atom. The van der Waals surface area contributed by atoms with Crippen LogP contribution in [0.3, 0.4) is 0 Å². The van der Waals surface area contributed by atoms with Crippen molar-refractivity contribution in [1.29, 1.82) is 0 Å². The van der Waals surface area contributed by atoms with Crippen molar-refractivity contribution in [2.75, 3.05) is 19.8 Å². The van der Waals surface area contributed by atoms with Crippen LogP contribution < -0.4 is 5.73 Å². The van der Waals surface area contributed by atoms with E-state index in [9.17, 15) is 0 Å². The summed E-state index contributed by atoms with van der Waals surface area (Å²) in [5, 5.41) is 0. The molecule has 1 aromatic carbocycles. The Morgan fingerprint density at radius 2 is 2.12 bits per heavy atom. The first kappa shape index (κ1) is 12.1. The molecule has 0 spiro atoms. The Labute approximate surface area is 105 Å². The van der Waals surface area contributed by atoms with Gasteiger partial charge in [-0.25, -0.2) is 0 Å². The van der Waals surface area contributed by atoms with Gasteiger partial charge in [-0.3, -0.25) is 0 Å². The highest BCUT2D eigenvalue weighted by Gasteiger charge is 2.24. The lowest BCUT2D eigenvalue weighted by Crippen LogP contribution is -2.28. The molecule has 1 saturated heterocycles. The number of benzene rings is 1. The van der Waals surface area contributed by atoms with Crippen LogP contribution in [0.2, 0.25) is 0 Å². The zero-order chi connectivity index (χ0) is 11.4. The normalized spacial score (nSPS) is 23.0. The van der Waals surface area contributed by atoms with Crippen molar-refractivity contribution >= 4 is 15.9 Å². The van der Waals surface area contributed by atoms with Gasteiger partial charge in [-0.1, -0.05) is 28.1 Å². The topological polar surface area (TPSA) is 35.2 Å². The van der Waals surface area contributed by atoms with E-state index >= 15 is 0 Å². The molecule has 3 heteroatoms. The molecule has 0 radical (unpaired) electrons. The summed E-state index contributed by atoms with van der Waals surface area (Å²) < 4.78 is 6.66. The van der Waals surface area contributed by atoms with E-state index in [0.29, 0.717) is 18.4 Å². The van der Waals surface area contributed by atoms with Crippen molar-refractivity contribution in [3.8, 4) is 0 Å². The van der Waals surface area contributed by atoms with Gasteiger partial charge in [0.05, 0.1) is 6.61 Å². The van der Waals surface area contributed by atoms with Gasteiger partial charge in [-0.2, -0.15) is 0 Å². The van der Waals surface area contributed by atoms with Crippen LogP contribution in [0.5, 0.6) is 0 Å². The fourth-order valence-corrected chi connectivity index (χ4v) is 2.66. The van der Waals surface area contributed by atoms with Gasteiger partial charge in [-0.05, 0) is 43.0 Å². The van der Waals surface area contributed by atoms with Gasteiger partial charge in [0.1, 0.15) is 0 Å². The minimum Gasteiger partial charge on any atom is -0.381 e. The Hall–Kier alpha value is -0.380. The molecule has 2 unspecified atom stereocenters. The highest BCUT2D eigenvalue weighted by atomic mass is 79.9. The molecule has 2 N–H and O–H groups in total. The van der Waals surface area contributed by atoms with E-state index in [-0.39, 0.29) is 0 Å². The molecule has 2 rings (SSSR count). The van der Waals surface area contributed by atoms with Crippen molar-refractivity contribution in [3.63, 3.8) is 0 Å². The largest absolute Gasteiger partial charge is 0.381 e. The van der Waals surface area contributed by atoms with E-state index in [0.717, 1.165) is 24.1 Å². The van der Waals surface area contributed by atoms with Crippen LogP contribution in [0.15, 0.2) is 28.7 Å². The number of ether oxygens (including phenoxy) is 1. The molecule has 0 aromatic heterocycles. The van der Waals surface area contributed by atoms with Crippen LogP contribution >= 0.6 is 15.9 Å². The first-order valence-corrected chi connectivity index (χ1v) is 6.64. The predicted molar refractivity (Wildman–Crippen MR) is 69.5 cm³/mol. The van der Waals surface area contributed by atoms with Crippen molar-refractivity contribution in [2.45, 2.75) is 18.8 Å². The summed E-state index contributed by atoms with van der Waals surface area (Å²) in [7, 11) is 0. The molecule has 2 nitrogen and oxygen atoms in total. The van der Waals surface area contributed by atoms with Crippen molar-refractivity contribution < 1.29 is 4.74 Å². The average Bonchev–Trinajstić information content (AvgIpc) is 2.34. The first-order valence-electron chi connectivity index (χ1n) is 5.84. The fourth-order valence-electron chi connectivity index (χ4n) is 2.39. The van der Waals surface area contributed by atoms with E-state index in [4.69, 9.17) is 10.5 Å². The second-order valence-electron chi connectivity index (χ2n) is 4.37. The molecular weight excluding hydrogens is 266 g/mol. The molecule has 16 heavy (non-hydrogen) atoms. The van der Waals surface area contributed by atoms with E-state index in [1.165, 1.54) is 12.0 Å². The van der Waals surface area contributed by atoms with E-state index < -0.39 is 0 Å². The molecule has 0 amide bonds. The fraction of sp³-hybridized carbons (Fsp3) is 0.538. The molecule has 1 heterocycles. The lowest BCUT2D eigenvalue weighted by molar-refractivity contribution is 0.0450. The summed E-state index contributed by atoms with van der Waals surface area (Å²) in [6.07, 6.45) is 2.40. The van der Waals surface area contributed by atoms with Crippen LogP contribution in [-0.2, 0) is 4.74 Å². The molecule has 0 bridgehead atoms. The Morgan fingerprint density at radius 1 is 1.38 bits per heavy atom. The number of hydrogen-bond donors (Lipinski definition) is 1. The number of rotatable bonds is 3. The zero-order valence-electron chi connectivity index (χ0n) is 9.36. The van der Waals surface area contributed by atoms with Gasteiger partial charge in [0.15, 0.2) is 0 Å². The molecule has 1 fully saturated rings. The monoisotopic (exact) mass is 283 g/mol. The highest BCUT2D eigenvalue weighted by molar-refractivity contribution is 9.10. The molecule has 0 aliphatic carbocycles. The molecular formula is C13H18BrNO. The van der Waals surface area contributed by atoms with Crippen LogP contribution in [0.1, 0.15) is 24.3 Å². The van der Waals surface area contributed by atoms with E-state index in [1.807, 2.05) is 0 Å². The maximum absolute atomic E-state index is 5.91. The maximum atomic E-state index is 5.91. The second-order valence-corrected chi connectivity index (χ2v) is 5.29. The number of nitrogens with two attached hydrogens (primary N) is 1. The second kappa shape index (κ2) is 5.80. The molecule has 0 saturated carbocycles. The smallest absolute Gasteiger partial charge is 0.0500 e. The van der Waals surface area contributed by atoms with Crippen LogP contribution in [0.4, 0.5) is 0 Å². The van der Waals surface area contributed by atoms with Gasteiger partial charge < -0.3 is 10.5 Å². The minimum atomic E-state index is 0.438. The third-order valence-corrected chi connectivity index (χ3v) is 3.85. The summed E-state index contributed by atoms with van der Waals surface area (Å²) in [5.74, 6) is 1.02. The maximum Gasteiger partial charge on any atom is 0.0500 e. The van der Waals surface area contributed by atoms with Crippen molar-refractivity contribution in [1.82, 2.24) is 0 Å². The van der Waals surface area contributed by atoms with E-state index in [2.05, 4.69) is 40.2 Å². The lowest BCUT2D eigenvalue weighted by atomic mass is 9.83. The third-order valence-electron chi connectivity index (χ3n) is 3.32. The summed E-state index contributed by atoms with van der Waals surface area (Å²) in [4.78, 5) is 0. The Bertz CT molecular complexity index is 319.